The van der Waals surface area contributed by atoms with E-state index in [9.17, 15) is 0 Å². The van der Waals surface area contributed by atoms with Gasteiger partial charge in [0.25, 0.3) is 0 Å². The first-order chi connectivity index (χ1) is 8.80. The molecule has 5 nitrogen and oxygen atoms in total. The van der Waals surface area contributed by atoms with Crippen LogP contribution < -0.4 is 15.8 Å². The van der Waals surface area contributed by atoms with Crippen LogP contribution in [0.3, 0.4) is 0 Å². The van der Waals surface area contributed by atoms with E-state index < -0.39 is 0 Å². The normalized spacial score (nSPS) is 12.2. The van der Waals surface area contributed by atoms with Crippen molar-refractivity contribution in [2.45, 2.75) is 45.6 Å². The second-order valence-electron chi connectivity index (χ2n) is 4.31. The van der Waals surface area contributed by atoms with Gasteiger partial charge >= 0.3 is 0 Å². The van der Waals surface area contributed by atoms with Crippen molar-refractivity contribution < 1.29 is 4.74 Å². The smallest absolute Gasteiger partial charge is 0.218 e. The summed E-state index contributed by atoms with van der Waals surface area (Å²) >= 11 is 0. The van der Waals surface area contributed by atoms with E-state index >= 15 is 0 Å². The average Bonchev–Trinajstić information content (AvgIpc) is 2.41. The minimum absolute atomic E-state index is 0.263. The Kier molecular flexibility index (Phi) is 7.10. The van der Waals surface area contributed by atoms with E-state index in [1.165, 1.54) is 19.2 Å². The number of hydrogen-bond acceptors (Lipinski definition) is 5. The highest BCUT2D eigenvalue weighted by molar-refractivity contribution is 5.38. The number of nitrogens with one attached hydrogen (secondary N) is 1. The van der Waals surface area contributed by atoms with Crippen molar-refractivity contribution in [1.82, 2.24) is 9.97 Å². The van der Waals surface area contributed by atoms with Crippen molar-refractivity contribution in [3.63, 3.8) is 0 Å². The lowest BCUT2D eigenvalue weighted by Crippen LogP contribution is -2.29. The molecule has 3 N–H and O–H groups in total. The molecule has 0 aliphatic carbocycles. The number of ether oxygens (including phenoxy) is 1. The van der Waals surface area contributed by atoms with Crippen molar-refractivity contribution in [3.05, 3.63) is 12.4 Å². The van der Waals surface area contributed by atoms with Gasteiger partial charge in [0.1, 0.15) is 12.1 Å². The summed E-state index contributed by atoms with van der Waals surface area (Å²) in [5.74, 6) is 1.39. The summed E-state index contributed by atoms with van der Waals surface area (Å²) in [6.45, 7) is 5.52. The van der Waals surface area contributed by atoms with Crippen molar-refractivity contribution >= 4 is 5.82 Å². The van der Waals surface area contributed by atoms with Crippen LogP contribution in [0.5, 0.6) is 5.88 Å². The van der Waals surface area contributed by atoms with Crippen LogP contribution in [-0.4, -0.2) is 29.2 Å². The molecule has 0 aliphatic rings. The molecule has 0 aliphatic heterocycles. The van der Waals surface area contributed by atoms with Crippen molar-refractivity contribution in [2.24, 2.45) is 5.73 Å². The zero-order valence-electron chi connectivity index (χ0n) is 11.4. The third-order valence-electron chi connectivity index (χ3n) is 2.64. The largest absolute Gasteiger partial charge is 0.478 e. The maximum atomic E-state index is 5.74. The monoisotopic (exact) mass is 252 g/mol. The minimum Gasteiger partial charge on any atom is -0.478 e. The van der Waals surface area contributed by atoms with E-state index in [0.717, 1.165) is 18.7 Å². The summed E-state index contributed by atoms with van der Waals surface area (Å²) in [6.07, 6.45) is 5.88. The van der Waals surface area contributed by atoms with Gasteiger partial charge in [0, 0.05) is 18.7 Å². The van der Waals surface area contributed by atoms with Crippen molar-refractivity contribution in [3.8, 4) is 5.88 Å². The molecule has 1 heterocycles. The number of aromatic nitrogens is 2. The first-order valence-electron chi connectivity index (χ1n) is 6.71. The summed E-state index contributed by atoms with van der Waals surface area (Å²) in [4.78, 5) is 8.25. The number of anilines is 1. The van der Waals surface area contributed by atoms with Gasteiger partial charge in [-0.15, -0.1) is 0 Å². The Morgan fingerprint density at radius 2 is 2.17 bits per heavy atom. The molecule has 0 bridgehead atoms. The third-order valence-corrected chi connectivity index (χ3v) is 2.64. The molecule has 0 fully saturated rings. The summed E-state index contributed by atoms with van der Waals surface area (Å²) in [5.41, 5.74) is 5.74. The number of nitrogens with zero attached hydrogens (tertiary/aromatic N) is 2. The Balaban J connectivity index is 2.53. The fraction of sp³-hybridized carbons (Fsp3) is 0.692. The fourth-order valence-corrected chi connectivity index (χ4v) is 1.61. The number of hydrogen-bond donors (Lipinski definition) is 2. The Bertz CT molecular complexity index is 333. The molecule has 5 heteroatoms. The SMILES string of the molecule is CCCCC(CN)Nc1cc(OCCC)ncn1. The van der Waals surface area contributed by atoms with Gasteiger partial charge in [0.15, 0.2) is 0 Å². The zero-order chi connectivity index (χ0) is 13.2. The van der Waals surface area contributed by atoms with Gasteiger partial charge in [-0.1, -0.05) is 26.7 Å². The molecule has 1 aromatic rings. The quantitative estimate of drug-likeness (QED) is 0.705. The highest BCUT2D eigenvalue weighted by Gasteiger charge is 2.07. The predicted molar refractivity (Wildman–Crippen MR) is 73.8 cm³/mol. The van der Waals surface area contributed by atoms with Gasteiger partial charge in [-0.2, -0.15) is 0 Å². The Hall–Kier alpha value is -1.36. The molecule has 1 rings (SSSR count). The maximum absolute atomic E-state index is 5.74. The number of nitrogens with two attached hydrogens (primary N) is 1. The minimum atomic E-state index is 0.263. The van der Waals surface area contributed by atoms with Gasteiger partial charge in [0.05, 0.1) is 6.61 Å². The van der Waals surface area contributed by atoms with Gasteiger partial charge in [0.2, 0.25) is 5.88 Å². The average molecular weight is 252 g/mol. The maximum Gasteiger partial charge on any atom is 0.218 e. The van der Waals surface area contributed by atoms with Crippen molar-refractivity contribution in [2.75, 3.05) is 18.5 Å². The van der Waals surface area contributed by atoms with Crippen LogP contribution in [0.25, 0.3) is 0 Å². The first-order valence-corrected chi connectivity index (χ1v) is 6.71. The van der Waals surface area contributed by atoms with E-state index in [1.54, 1.807) is 0 Å². The van der Waals surface area contributed by atoms with Crippen LogP contribution >= 0.6 is 0 Å². The molecule has 0 radical (unpaired) electrons. The molecule has 0 saturated carbocycles. The Morgan fingerprint density at radius 1 is 1.33 bits per heavy atom. The van der Waals surface area contributed by atoms with Crippen LogP contribution in [0.4, 0.5) is 5.82 Å². The molecular weight excluding hydrogens is 228 g/mol. The van der Waals surface area contributed by atoms with E-state index in [4.69, 9.17) is 10.5 Å². The fourth-order valence-electron chi connectivity index (χ4n) is 1.61. The lowest BCUT2D eigenvalue weighted by molar-refractivity contribution is 0.305. The molecular formula is C13H24N4O. The van der Waals surface area contributed by atoms with E-state index in [1.807, 2.05) is 6.07 Å². The summed E-state index contributed by atoms with van der Waals surface area (Å²) < 4.78 is 5.47. The first kappa shape index (κ1) is 14.7. The number of unbranched alkanes of at least 4 members (excludes halogenated alkanes) is 1. The van der Waals surface area contributed by atoms with E-state index in [2.05, 4.69) is 29.1 Å². The molecule has 0 aromatic carbocycles. The van der Waals surface area contributed by atoms with Crippen LogP contribution in [0, 0.1) is 0 Å². The molecule has 0 amide bonds. The summed E-state index contributed by atoms with van der Waals surface area (Å²) in [7, 11) is 0. The molecule has 18 heavy (non-hydrogen) atoms. The van der Waals surface area contributed by atoms with Crippen LogP contribution in [-0.2, 0) is 0 Å². The highest BCUT2D eigenvalue weighted by Crippen LogP contribution is 2.13. The molecule has 1 unspecified atom stereocenters. The van der Waals surface area contributed by atoms with Crippen LogP contribution in [0.15, 0.2) is 12.4 Å². The standard InChI is InChI=1S/C13H24N4O/c1-3-5-6-11(9-14)17-12-8-13(16-10-15-12)18-7-4-2/h8,10-11H,3-7,9,14H2,1-2H3,(H,15,16,17). The molecule has 0 spiro atoms. The Morgan fingerprint density at radius 3 is 2.83 bits per heavy atom. The third kappa shape index (κ3) is 5.31. The molecule has 1 aromatic heterocycles. The lowest BCUT2D eigenvalue weighted by Gasteiger charge is -2.17. The van der Waals surface area contributed by atoms with Gasteiger partial charge < -0.3 is 15.8 Å². The molecule has 1 atom stereocenters. The summed E-state index contributed by atoms with van der Waals surface area (Å²) in [6, 6.07) is 2.09. The Labute approximate surface area is 109 Å². The zero-order valence-corrected chi connectivity index (χ0v) is 11.4. The van der Waals surface area contributed by atoms with Crippen LogP contribution in [0.1, 0.15) is 39.5 Å². The van der Waals surface area contributed by atoms with Gasteiger partial charge in [-0.3, -0.25) is 0 Å². The predicted octanol–water partition coefficient (Wildman–Crippen LogP) is 2.19. The van der Waals surface area contributed by atoms with Gasteiger partial charge in [-0.25, -0.2) is 9.97 Å². The molecule has 0 saturated heterocycles. The summed E-state index contributed by atoms with van der Waals surface area (Å²) in [5, 5.41) is 3.32. The van der Waals surface area contributed by atoms with Crippen molar-refractivity contribution in [1.29, 1.82) is 0 Å². The molecule has 102 valence electrons. The lowest BCUT2D eigenvalue weighted by atomic mass is 10.1. The van der Waals surface area contributed by atoms with E-state index in [-0.39, 0.29) is 6.04 Å². The van der Waals surface area contributed by atoms with Gasteiger partial charge in [-0.05, 0) is 12.8 Å². The second-order valence-corrected chi connectivity index (χ2v) is 4.31. The highest BCUT2D eigenvalue weighted by atomic mass is 16.5. The number of rotatable bonds is 9. The topological polar surface area (TPSA) is 73.1 Å². The second kappa shape index (κ2) is 8.69. The van der Waals surface area contributed by atoms with E-state index in [0.29, 0.717) is 19.0 Å². The van der Waals surface area contributed by atoms with Crippen LogP contribution in [0.2, 0.25) is 0 Å².